The van der Waals surface area contributed by atoms with Crippen molar-refractivity contribution in [3.63, 3.8) is 0 Å². The Morgan fingerprint density at radius 1 is 1.20 bits per heavy atom. The van der Waals surface area contributed by atoms with E-state index in [4.69, 9.17) is 4.74 Å². The van der Waals surface area contributed by atoms with E-state index >= 15 is 0 Å². The van der Waals surface area contributed by atoms with Crippen molar-refractivity contribution in [2.75, 3.05) is 40.3 Å². The summed E-state index contributed by atoms with van der Waals surface area (Å²) in [5, 5.41) is 0. The van der Waals surface area contributed by atoms with Crippen molar-refractivity contribution in [1.82, 2.24) is 9.80 Å². The molecule has 3 fully saturated rings. The first-order valence-electron chi connectivity index (χ1n) is 5.93. The van der Waals surface area contributed by atoms with Crippen molar-refractivity contribution in [2.45, 2.75) is 19.3 Å². The van der Waals surface area contributed by atoms with Gasteiger partial charge in [0.25, 0.3) is 0 Å². The van der Waals surface area contributed by atoms with Crippen LogP contribution in [0.4, 0.5) is 0 Å². The molecule has 1 spiro atoms. The lowest BCUT2D eigenvalue weighted by Gasteiger charge is -2.37. The molecule has 3 rings (SSSR count). The summed E-state index contributed by atoms with van der Waals surface area (Å²) >= 11 is 0. The number of piperidine rings is 1. The van der Waals surface area contributed by atoms with Crippen LogP contribution in [0.15, 0.2) is 11.5 Å². The van der Waals surface area contributed by atoms with E-state index in [1.165, 1.54) is 50.4 Å². The molecule has 0 bridgehead atoms. The van der Waals surface area contributed by atoms with Gasteiger partial charge in [-0.1, -0.05) is 0 Å². The molecule has 0 atom stereocenters. The standard InChI is InChI=1S/C12H20N2O/c1-13-5-3-12(4-6-13)7-10(11-8-15-11)14(2)9-12/h3-9H2,1-2H3/b11-10-. The minimum Gasteiger partial charge on any atom is -0.484 e. The molecule has 3 aliphatic heterocycles. The van der Waals surface area contributed by atoms with Gasteiger partial charge in [-0.25, -0.2) is 0 Å². The summed E-state index contributed by atoms with van der Waals surface area (Å²) in [6, 6.07) is 0. The van der Waals surface area contributed by atoms with Gasteiger partial charge in [-0.2, -0.15) is 0 Å². The van der Waals surface area contributed by atoms with Crippen molar-refractivity contribution in [2.24, 2.45) is 5.41 Å². The quantitative estimate of drug-likeness (QED) is 0.559. The lowest BCUT2D eigenvalue weighted by molar-refractivity contribution is 0.130. The summed E-state index contributed by atoms with van der Waals surface area (Å²) in [4.78, 5) is 4.87. The van der Waals surface area contributed by atoms with Gasteiger partial charge < -0.3 is 14.5 Å². The highest BCUT2D eigenvalue weighted by Gasteiger charge is 2.43. The maximum Gasteiger partial charge on any atom is 0.153 e. The Bertz CT molecular complexity index is 297. The number of epoxide rings is 1. The van der Waals surface area contributed by atoms with Gasteiger partial charge in [0.05, 0.1) is 5.70 Å². The van der Waals surface area contributed by atoms with Crippen LogP contribution in [-0.2, 0) is 4.74 Å². The molecule has 3 aliphatic rings. The van der Waals surface area contributed by atoms with Crippen LogP contribution >= 0.6 is 0 Å². The molecule has 3 saturated heterocycles. The highest BCUT2D eigenvalue weighted by molar-refractivity contribution is 5.22. The first kappa shape index (κ1) is 9.52. The number of hydrogen-bond donors (Lipinski definition) is 0. The fourth-order valence-corrected chi connectivity index (χ4v) is 3.09. The third-order valence-corrected chi connectivity index (χ3v) is 4.23. The predicted octanol–water partition coefficient (Wildman–Crippen LogP) is 1.28. The molecule has 0 aromatic carbocycles. The summed E-state index contributed by atoms with van der Waals surface area (Å²) in [5.41, 5.74) is 2.05. The zero-order chi connectivity index (χ0) is 10.5. The Morgan fingerprint density at radius 3 is 2.47 bits per heavy atom. The zero-order valence-electron chi connectivity index (χ0n) is 9.75. The summed E-state index contributed by atoms with van der Waals surface area (Å²) in [5.74, 6) is 1.26. The van der Waals surface area contributed by atoms with E-state index in [1.807, 2.05) is 0 Å². The Labute approximate surface area is 91.7 Å². The molecule has 84 valence electrons. The number of nitrogens with zero attached hydrogens (tertiary/aromatic N) is 2. The van der Waals surface area contributed by atoms with E-state index in [2.05, 4.69) is 23.9 Å². The van der Waals surface area contributed by atoms with Crippen LogP contribution in [0.3, 0.4) is 0 Å². The Hall–Kier alpha value is -0.700. The number of likely N-dealkylation sites (tertiary alicyclic amines) is 2. The van der Waals surface area contributed by atoms with E-state index < -0.39 is 0 Å². The summed E-state index contributed by atoms with van der Waals surface area (Å²) < 4.78 is 5.35. The third-order valence-electron chi connectivity index (χ3n) is 4.23. The van der Waals surface area contributed by atoms with Crippen molar-refractivity contribution in [3.8, 4) is 0 Å². The molecule has 3 nitrogen and oxygen atoms in total. The van der Waals surface area contributed by atoms with Crippen molar-refractivity contribution >= 4 is 0 Å². The zero-order valence-corrected chi connectivity index (χ0v) is 9.75. The van der Waals surface area contributed by atoms with Crippen LogP contribution in [0.2, 0.25) is 0 Å². The fraction of sp³-hybridized carbons (Fsp3) is 0.833. The average Bonchev–Trinajstić information content (AvgIpc) is 2.99. The third kappa shape index (κ3) is 1.63. The van der Waals surface area contributed by atoms with Crippen LogP contribution in [-0.4, -0.2) is 50.1 Å². The normalized spacial score (nSPS) is 34.7. The number of hydrogen-bond acceptors (Lipinski definition) is 3. The number of allylic oxidation sites excluding steroid dienone is 1. The summed E-state index contributed by atoms with van der Waals surface area (Å²) in [7, 11) is 4.45. The van der Waals surface area contributed by atoms with Gasteiger partial charge in [0.1, 0.15) is 6.61 Å². The molecular formula is C12H20N2O. The number of rotatable bonds is 0. The highest BCUT2D eigenvalue weighted by Crippen LogP contribution is 2.46. The largest absolute Gasteiger partial charge is 0.484 e. The van der Waals surface area contributed by atoms with Crippen LogP contribution in [0.1, 0.15) is 19.3 Å². The van der Waals surface area contributed by atoms with Crippen LogP contribution < -0.4 is 0 Å². The Balaban J connectivity index is 1.76. The molecule has 0 amide bonds. The van der Waals surface area contributed by atoms with Crippen LogP contribution in [0.25, 0.3) is 0 Å². The molecule has 0 aliphatic carbocycles. The van der Waals surface area contributed by atoms with Crippen molar-refractivity contribution in [3.05, 3.63) is 11.5 Å². The van der Waals surface area contributed by atoms with Gasteiger partial charge >= 0.3 is 0 Å². The monoisotopic (exact) mass is 208 g/mol. The first-order chi connectivity index (χ1) is 7.19. The molecule has 0 radical (unpaired) electrons. The van der Waals surface area contributed by atoms with Gasteiger partial charge in [0, 0.05) is 13.6 Å². The molecule has 3 heterocycles. The second-order valence-corrected chi connectivity index (χ2v) is 5.49. The molecule has 3 heteroatoms. The highest BCUT2D eigenvalue weighted by atomic mass is 16.6. The molecular weight excluding hydrogens is 188 g/mol. The molecule has 0 unspecified atom stereocenters. The molecule has 0 N–H and O–H groups in total. The Kier molecular flexibility index (Phi) is 2.00. The average molecular weight is 208 g/mol. The SMILES string of the molecule is CN1CCC2(CC1)C/C(=C1\CO1)N(C)C2. The van der Waals surface area contributed by atoms with Crippen LogP contribution in [0.5, 0.6) is 0 Å². The van der Waals surface area contributed by atoms with Crippen LogP contribution in [0, 0.1) is 5.41 Å². The molecule has 0 aromatic heterocycles. The van der Waals surface area contributed by atoms with Crippen molar-refractivity contribution < 1.29 is 4.74 Å². The molecule has 15 heavy (non-hydrogen) atoms. The Morgan fingerprint density at radius 2 is 1.87 bits per heavy atom. The second-order valence-electron chi connectivity index (χ2n) is 5.49. The van der Waals surface area contributed by atoms with Gasteiger partial charge in [-0.05, 0) is 44.8 Å². The topological polar surface area (TPSA) is 19.0 Å². The lowest BCUT2D eigenvalue weighted by atomic mass is 9.77. The lowest BCUT2D eigenvalue weighted by Crippen LogP contribution is -2.39. The van der Waals surface area contributed by atoms with E-state index in [1.54, 1.807) is 0 Å². The predicted molar refractivity (Wildman–Crippen MR) is 59.4 cm³/mol. The van der Waals surface area contributed by atoms with Gasteiger partial charge in [0.2, 0.25) is 0 Å². The van der Waals surface area contributed by atoms with E-state index in [0.29, 0.717) is 5.41 Å². The smallest absolute Gasteiger partial charge is 0.153 e. The van der Waals surface area contributed by atoms with Gasteiger partial charge in [-0.15, -0.1) is 0 Å². The van der Waals surface area contributed by atoms with Gasteiger partial charge in [0.15, 0.2) is 5.76 Å². The minimum atomic E-state index is 0.565. The maximum atomic E-state index is 5.35. The molecule has 0 aromatic rings. The molecule has 0 saturated carbocycles. The second kappa shape index (κ2) is 3.14. The van der Waals surface area contributed by atoms with Crippen molar-refractivity contribution in [1.29, 1.82) is 0 Å². The van der Waals surface area contributed by atoms with E-state index in [-0.39, 0.29) is 0 Å². The summed E-state index contributed by atoms with van der Waals surface area (Å²) in [6.45, 7) is 4.65. The van der Waals surface area contributed by atoms with Gasteiger partial charge in [-0.3, -0.25) is 0 Å². The first-order valence-corrected chi connectivity index (χ1v) is 5.93. The summed E-state index contributed by atoms with van der Waals surface area (Å²) in [6.07, 6.45) is 3.96. The number of ether oxygens (including phenoxy) is 1. The van der Waals surface area contributed by atoms with E-state index in [9.17, 15) is 0 Å². The van der Waals surface area contributed by atoms with E-state index in [0.717, 1.165) is 6.61 Å². The fourth-order valence-electron chi connectivity index (χ4n) is 3.09. The minimum absolute atomic E-state index is 0.565. The maximum absolute atomic E-state index is 5.35.